The number of hydrogen-bond acceptors (Lipinski definition) is 7. The number of hydrogen-bond donors (Lipinski definition) is 2. The van der Waals surface area contributed by atoms with Crippen LogP contribution in [0.5, 0.6) is 0 Å². The summed E-state index contributed by atoms with van der Waals surface area (Å²) in [5.74, 6) is 0.0666. The number of aryl methyl sites for hydroxylation is 1. The van der Waals surface area contributed by atoms with Crippen molar-refractivity contribution in [3.63, 3.8) is 0 Å². The minimum Gasteiger partial charge on any atom is -0.361 e. The van der Waals surface area contributed by atoms with Crippen LogP contribution in [0.25, 0.3) is 11.2 Å². The van der Waals surface area contributed by atoms with Gasteiger partial charge in [-0.3, -0.25) is 9.36 Å². The number of alkyl halides is 3. The Kier molecular flexibility index (Phi) is 7.05. The molecule has 13 heteroatoms. The minimum atomic E-state index is -3.24. The Hall–Kier alpha value is -1.93. The maximum absolute atomic E-state index is 14.1. The molecule has 1 unspecified atom stereocenters. The highest BCUT2D eigenvalue weighted by atomic mass is 127. The molecule has 2 heterocycles. The maximum atomic E-state index is 14.1. The number of fused-ring (bicyclic) bond motifs is 1. The smallest absolute Gasteiger partial charge is 0.316 e. The molecule has 0 aliphatic heterocycles. The second kappa shape index (κ2) is 9.14. The molecule has 3 aromatic rings. The third kappa shape index (κ3) is 5.01. The van der Waals surface area contributed by atoms with Crippen LogP contribution in [0.1, 0.15) is 31.1 Å². The van der Waals surface area contributed by atoms with E-state index in [0.29, 0.717) is 10.6 Å². The number of rotatable bonds is 7. The second-order valence-electron chi connectivity index (χ2n) is 7.06. The fraction of sp³-hybridized carbons (Fsp3) is 0.368. The van der Waals surface area contributed by atoms with Crippen LogP contribution in [-0.4, -0.2) is 33.4 Å². The topological polar surface area (TPSA) is 114 Å². The normalized spacial score (nSPS) is 14.8. The molecule has 172 valence electrons. The zero-order valence-corrected chi connectivity index (χ0v) is 21.1. The molecule has 3 rings (SSSR count). The lowest BCUT2D eigenvalue weighted by Gasteiger charge is -2.22. The summed E-state index contributed by atoms with van der Waals surface area (Å²) in [5.41, 5.74) is 0.402. The second-order valence-corrected chi connectivity index (χ2v) is 11.2. The maximum Gasteiger partial charge on any atom is 0.316 e. The summed E-state index contributed by atoms with van der Waals surface area (Å²) in [6, 6.07) is 5.04. The molecule has 0 saturated heterocycles. The molecule has 0 fully saturated rings. The van der Waals surface area contributed by atoms with E-state index in [1.807, 2.05) is 0 Å². The van der Waals surface area contributed by atoms with E-state index in [9.17, 15) is 17.8 Å². The van der Waals surface area contributed by atoms with Crippen molar-refractivity contribution in [2.75, 3.05) is 11.1 Å². The van der Waals surface area contributed by atoms with Gasteiger partial charge in [-0.15, -0.1) is 0 Å². The van der Waals surface area contributed by atoms with E-state index in [-0.39, 0.29) is 34.6 Å². The van der Waals surface area contributed by atoms with Crippen molar-refractivity contribution in [1.29, 1.82) is 4.78 Å². The molecule has 32 heavy (non-hydrogen) atoms. The SMILES string of the molecule is CCS(=N)(=O)c1ccc(CNc2nc3c(C)nc(Cl)nc3n([C@@H](C)C(F)(F)I)c2=O)cc1. The first kappa shape index (κ1) is 24.7. The average Bonchev–Trinajstić information content (AvgIpc) is 2.71. The van der Waals surface area contributed by atoms with Crippen molar-refractivity contribution < 1.29 is 13.0 Å². The predicted molar refractivity (Wildman–Crippen MR) is 128 cm³/mol. The Morgan fingerprint density at radius 3 is 2.47 bits per heavy atom. The fourth-order valence-corrected chi connectivity index (χ4v) is 4.38. The molecule has 0 radical (unpaired) electrons. The van der Waals surface area contributed by atoms with Crippen LogP contribution in [0, 0.1) is 11.7 Å². The first-order valence-corrected chi connectivity index (χ1v) is 12.7. The molecule has 2 atom stereocenters. The van der Waals surface area contributed by atoms with Gasteiger partial charge >= 0.3 is 3.93 Å². The first-order valence-electron chi connectivity index (χ1n) is 9.47. The van der Waals surface area contributed by atoms with Gasteiger partial charge in [-0.1, -0.05) is 19.1 Å². The van der Waals surface area contributed by atoms with Crippen molar-refractivity contribution >= 4 is 60.9 Å². The van der Waals surface area contributed by atoms with Gasteiger partial charge < -0.3 is 5.32 Å². The molecular formula is C19H20ClF2IN6O2S. The van der Waals surface area contributed by atoms with Crippen molar-refractivity contribution in [3.8, 4) is 0 Å². The summed E-state index contributed by atoms with van der Waals surface area (Å²) in [4.78, 5) is 25.7. The lowest BCUT2D eigenvalue weighted by molar-refractivity contribution is 0.0717. The number of nitrogens with zero attached hydrogens (tertiary/aromatic N) is 4. The number of anilines is 1. The largest absolute Gasteiger partial charge is 0.361 e. The van der Waals surface area contributed by atoms with Crippen molar-refractivity contribution in [3.05, 3.63) is 51.2 Å². The summed E-state index contributed by atoms with van der Waals surface area (Å²) in [5, 5.41) is 2.71. The Bertz CT molecular complexity index is 1330. The molecule has 2 N–H and O–H groups in total. The number of aromatic nitrogens is 4. The number of benzene rings is 1. The summed E-state index contributed by atoms with van der Waals surface area (Å²) in [6.45, 7) is 4.65. The standard InChI is InChI=1S/C19H20ClF2IN6O2S/c1-4-32(24,31)13-7-5-12(6-8-13)9-25-15-17(30)29(11(3)19(21,22)23)16-14(27-15)10(2)26-18(20)28-16/h5-8,11,24H,4,9H2,1-3H3,(H,25,27)/t11-,32?/m0/s1. The van der Waals surface area contributed by atoms with E-state index < -0.39 is 25.3 Å². The molecule has 0 spiro atoms. The molecule has 0 bridgehead atoms. The molecular weight excluding hydrogens is 577 g/mol. The van der Waals surface area contributed by atoms with Crippen LogP contribution in [0.2, 0.25) is 5.28 Å². The molecule has 0 amide bonds. The summed E-state index contributed by atoms with van der Waals surface area (Å²) in [7, 11) is -2.83. The molecule has 0 aliphatic carbocycles. The Morgan fingerprint density at radius 2 is 1.91 bits per heavy atom. The van der Waals surface area contributed by atoms with Gasteiger partial charge in [0, 0.05) is 39.8 Å². The molecule has 1 aromatic carbocycles. The van der Waals surface area contributed by atoms with E-state index >= 15 is 0 Å². The molecule has 0 saturated carbocycles. The monoisotopic (exact) mass is 596 g/mol. The summed E-state index contributed by atoms with van der Waals surface area (Å²) >= 11 is 6.88. The van der Waals surface area contributed by atoms with Crippen LogP contribution in [0.4, 0.5) is 14.6 Å². The van der Waals surface area contributed by atoms with Gasteiger partial charge in [0.25, 0.3) is 5.56 Å². The highest BCUT2D eigenvalue weighted by Gasteiger charge is 2.36. The van der Waals surface area contributed by atoms with Gasteiger partial charge in [0.1, 0.15) is 11.6 Å². The van der Waals surface area contributed by atoms with E-state index in [1.54, 1.807) is 38.1 Å². The Labute approximate surface area is 201 Å². The molecule has 8 nitrogen and oxygen atoms in total. The highest BCUT2D eigenvalue weighted by Crippen LogP contribution is 2.36. The zero-order valence-electron chi connectivity index (χ0n) is 17.3. The van der Waals surface area contributed by atoms with Gasteiger partial charge in [0.2, 0.25) is 5.28 Å². The zero-order chi connectivity index (χ0) is 23.8. The van der Waals surface area contributed by atoms with Gasteiger partial charge in [0.05, 0.1) is 15.4 Å². The van der Waals surface area contributed by atoms with E-state index in [2.05, 4.69) is 20.3 Å². The van der Waals surface area contributed by atoms with Crippen LogP contribution in [0.15, 0.2) is 34.0 Å². The third-order valence-electron chi connectivity index (χ3n) is 4.92. The quantitative estimate of drug-likeness (QED) is 0.231. The first-order chi connectivity index (χ1) is 14.8. The lowest BCUT2D eigenvalue weighted by Crippen LogP contribution is -2.34. The third-order valence-corrected chi connectivity index (χ3v) is 7.83. The summed E-state index contributed by atoms with van der Waals surface area (Å²) in [6.07, 6.45) is 0. The number of halogens is 4. The average molecular weight is 597 g/mol. The van der Waals surface area contributed by atoms with Gasteiger partial charge in [-0.05, 0) is 43.1 Å². The molecule has 0 aliphatic rings. The van der Waals surface area contributed by atoms with E-state index in [0.717, 1.165) is 32.7 Å². The van der Waals surface area contributed by atoms with Gasteiger partial charge in [-0.2, -0.15) is 13.8 Å². The van der Waals surface area contributed by atoms with Crippen LogP contribution < -0.4 is 10.9 Å². The molecule has 2 aromatic heterocycles. The van der Waals surface area contributed by atoms with Crippen LogP contribution in [-0.2, 0) is 16.3 Å². The minimum absolute atomic E-state index is 0.0731. The Balaban J connectivity index is 2.04. The highest BCUT2D eigenvalue weighted by molar-refractivity contribution is 14.1. The van der Waals surface area contributed by atoms with Crippen LogP contribution >= 0.6 is 34.2 Å². The fourth-order valence-electron chi connectivity index (χ4n) is 2.99. The number of nitrogens with one attached hydrogen (secondary N) is 2. The predicted octanol–water partition coefficient (Wildman–Crippen LogP) is 4.77. The van der Waals surface area contributed by atoms with Gasteiger partial charge in [-0.25, -0.2) is 19.0 Å². The Morgan fingerprint density at radius 1 is 1.28 bits per heavy atom. The van der Waals surface area contributed by atoms with Crippen LogP contribution in [0.3, 0.4) is 0 Å². The van der Waals surface area contributed by atoms with Crippen molar-refractivity contribution in [2.45, 2.75) is 42.2 Å². The van der Waals surface area contributed by atoms with Crippen molar-refractivity contribution in [1.82, 2.24) is 19.5 Å². The van der Waals surface area contributed by atoms with Gasteiger partial charge in [0.15, 0.2) is 11.5 Å². The van der Waals surface area contributed by atoms with E-state index in [1.165, 1.54) is 6.92 Å². The summed E-state index contributed by atoms with van der Waals surface area (Å²) < 4.78 is 45.9. The van der Waals surface area contributed by atoms with E-state index in [4.69, 9.17) is 16.4 Å². The lowest BCUT2D eigenvalue weighted by atomic mass is 10.2. The van der Waals surface area contributed by atoms with Crippen molar-refractivity contribution in [2.24, 2.45) is 0 Å².